The van der Waals surface area contributed by atoms with E-state index in [9.17, 15) is 9.67 Å². The average Bonchev–Trinajstić information content (AvgIpc) is 2.55. The summed E-state index contributed by atoms with van der Waals surface area (Å²) in [6, 6.07) is 18.6. The van der Waals surface area contributed by atoms with E-state index in [0.717, 1.165) is 10.6 Å². The van der Waals surface area contributed by atoms with Crippen LogP contribution in [-0.4, -0.2) is 28.6 Å². The zero-order chi connectivity index (χ0) is 15.3. The highest BCUT2D eigenvalue weighted by atomic mass is 31.2. The van der Waals surface area contributed by atoms with Crippen molar-refractivity contribution in [1.29, 1.82) is 0 Å². The molecule has 0 aliphatic carbocycles. The van der Waals surface area contributed by atoms with E-state index in [2.05, 4.69) is 0 Å². The Bertz CT molecular complexity index is 554. The Hall–Kier alpha value is -1.41. The predicted molar refractivity (Wildman–Crippen MR) is 86.9 cm³/mol. The Morgan fingerprint density at radius 2 is 1.38 bits per heavy atom. The van der Waals surface area contributed by atoms with Crippen LogP contribution >= 0.6 is 7.14 Å². The van der Waals surface area contributed by atoms with Gasteiger partial charge >= 0.3 is 0 Å². The van der Waals surface area contributed by atoms with Gasteiger partial charge in [-0.25, -0.2) is 0 Å². The predicted octanol–water partition coefficient (Wildman–Crippen LogP) is 2.13. The fourth-order valence-electron chi connectivity index (χ4n) is 2.53. The number of aliphatic hydroxyl groups excluding tert-OH is 2. The maximum absolute atomic E-state index is 13.8. The Morgan fingerprint density at radius 3 is 1.76 bits per heavy atom. The van der Waals surface area contributed by atoms with Crippen molar-refractivity contribution in [3.05, 3.63) is 60.7 Å². The molecule has 2 N–H and O–H groups in total. The van der Waals surface area contributed by atoms with E-state index in [0.29, 0.717) is 0 Å². The van der Waals surface area contributed by atoms with E-state index in [4.69, 9.17) is 5.11 Å². The monoisotopic (exact) mass is 304 g/mol. The van der Waals surface area contributed by atoms with E-state index < -0.39 is 18.9 Å². The highest BCUT2D eigenvalue weighted by Crippen LogP contribution is 2.50. The molecule has 0 heterocycles. The van der Waals surface area contributed by atoms with Crippen molar-refractivity contribution in [2.24, 2.45) is 0 Å². The third kappa shape index (κ3) is 3.26. The number of aliphatic hydroxyl groups is 2. The van der Waals surface area contributed by atoms with E-state index in [-0.39, 0.29) is 13.0 Å². The molecule has 2 aromatic carbocycles. The van der Waals surface area contributed by atoms with E-state index in [1.165, 1.54) is 0 Å². The first-order valence-electron chi connectivity index (χ1n) is 7.10. The lowest BCUT2D eigenvalue weighted by Crippen LogP contribution is -2.33. The molecule has 0 saturated carbocycles. The second-order valence-corrected chi connectivity index (χ2v) is 8.31. The summed E-state index contributed by atoms with van der Waals surface area (Å²) in [5.41, 5.74) is -0.450. The number of rotatable bonds is 6. The van der Waals surface area contributed by atoms with Crippen molar-refractivity contribution in [3.63, 3.8) is 0 Å². The molecule has 21 heavy (non-hydrogen) atoms. The number of hydrogen-bond acceptors (Lipinski definition) is 3. The minimum absolute atomic E-state index is 0.116. The van der Waals surface area contributed by atoms with Crippen molar-refractivity contribution < 1.29 is 14.8 Å². The second-order valence-electron chi connectivity index (χ2n) is 5.15. The van der Waals surface area contributed by atoms with Gasteiger partial charge in [-0.05, 0) is 6.42 Å². The molecule has 112 valence electrons. The molecular formula is C17H21O3P. The molecule has 0 spiro atoms. The molecule has 2 aromatic rings. The van der Waals surface area contributed by atoms with Gasteiger partial charge in [-0.1, -0.05) is 67.6 Å². The van der Waals surface area contributed by atoms with Gasteiger partial charge in [-0.2, -0.15) is 0 Å². The smallest absolute Gasteiger partial charge is 0.148 e. The molecule has 4 heteroatoms. The van der Waals surface area contributed by atoms with Gasteiger partial charge in [0, 0.05) is 22.9 Å². The molecule has 0 amide bonds. The van der Waals surface area contributed by atoms with Crippen LogP contribution in [0.25, 0.3) is 0 Å². The Labute approximate surface area is 125 Å². The third-order valence-corrected chi connectivity index (χ3v) is 7.46. The van der Waals surface area contributed by atoms with Gasteiger partial charge in [0.15, 0.2) is 0 Å². The quantitative estimate of drug-likeness (QED) is 0.804. The average molecular weight is 304 g/mol. The first kappa shape index (κ1) is 16.0. The van der Waals surface area contributed by atoms with Gasteiger partial charge in [0.25, 0.3) is 0 Å². The molecular weight excluding hydrogens is 283 g/mol. The van der Waals surface area contributed by atoms with Gasteiger partial charge in [0.05, 0.1) is 6.10 Å². The van der Waals surface area contributed by atoms with Crippen molar-refractivity contribution in [1.82, 2.24) is 0 Å². The molecule has 0 unspecified atom stereocenters. The summed E-state index contributed by atoms with van der Waals surface area (Å²) in [6.07, 6.45) is -0.577. The summed E-state index contributed by atoms with van der Waals surface area (Å²) in [4.78, 5) is 0. The number of hydrogen-bond donors (Lipinski definition) is 2. The van der Waals surface area contributed by atoms with Crippen molar-refractivity contribution >= 4 is 17.8 Å². The standard InChI is InChI=1S/C17H21O3P/c1-14(17(19)12-13-18)21(20,15-8-4-2-5-9-15)16-10-6-3-7-11-16/h2-11,14,17-19H,12-13H2,1H3/t14-,17-/m0/s1. The van der Waals surface area contributed by atoms with Crippen molar-refractivity contribution in [2.75, 3.05) is 6.61 Å². The second kappa shape index (κ2) is 7.04. The first-order valence-corrected chi connectivity index (χ1v) is 8.88. The zero-order valence-electron chi connectivity index (χ0n) is 12.1. The largest absolute Gasteiger partial charge is 0.396 e. The lowest BCUT2D eigenvalue weighted by Gasteiger charge is -2.29. The zero-order valence-corrected chi connectivity index (χ0v) is 13.0. The molecule has 0 bridgehead atoms. The fraction of sp³-hybridized carbons (Fsp3) is 0.294. The molecule has 0 aromatic heterocycles. The highest BCUT2D eigenvalue weighted by molar-refractivity contribution is 7.79. The summed E-state index contributed by atoms with van der Waals surface area (Å²) in [5.74, 6) is 0. The molecule has 0 radical (unpaired) electrons. The summed E-state index contributed by atoms with van der Waals surface area (Å²) in [5, 5.41) is 20.8. The van der Waals surface area contributed by atoms with Gasteiger partial charge in [0.2, 0.25) is 0 Å². The van der Waals surface area contributed by atoms with Crippen molar-refractivity contribution in [2.45, 2.75) is 25.1 Å². The minimum Gasteiger partial charge on any atom is -0.396 e. The van der Waals surface area contributed by atoms with Crippen LogP contribution < -0.4 is 10.6 Å². The van der Waals surface area contributed by atoms with Crippen LogP contribution in [0.2, 0.25) is 0 Å². The highest BCUT2D eigenvalue weighted by Gasteiger charge is 2.37. The summed E-state index contributed by atoms with van der Waals surface area (Å²) in [7, 11) is -2.96. The molecule has 2 atom stereocenters. The first-order chi connectivity index (χ1) is 10.1. The van der Waals surface area contributed by atoms with Gasteiger partial charge in [0.1, 0.15) is 7.14 Å². The van der Waals surface area contributed by atoms with Crippen LogP contribution in [0.5, 0.6) is 0 Å². The molecule has 0 saturated heterocycles. The topological polar surface area (TPSA) is 57.5 Å². The van der Waals surface area contributed by atoms with E-state index in [1.807, 2.05) is 60.7 Å². The fourth-order valence-corrected chi connectivity index (χ4v) is 5.64. The van der Waals surface area contributed by atoms with Crippen LogP contribution in [0.4, 0.5) is 0 Å². The Kier molecular flexibility index (Phi) is 5.35. The van der Waals surface area contributed by atoms with E-state index >= 15 is 0 Å². The summed E-state index contributed by atoms with van der Waals surface area (Å²) >= 11 is 0. The molecule has 2 rings (SSSR count). The normalized spacial score (nSPS) is 14.6. The van der Waals surface area contributed by atoms with Gasteiger partial charge < -0.3 is 14.8 Å². The maximum Gasteiger partial charge on any atom is 0.148 e. The Balaban J connectivity index is 2.53. The molecule has 0 fully saturated rings. The van der Waals surface area contributed by atoms with Crippen LogP contribution in [-0.2, 0) is 4.57 Å². The van der Waals surface area contributed by atoms with Crippen molar-refractivity contribution in [3.8, 4) is 0 Å². The molecule has 3 nitrogen and oxygen atoms in total. The third-order valence-electron chi connectivity index (χ3n) is 3.83. The SMILES string of the molecule is C[C@@H]([C@@H](O)CCO)P(=O)(c1ccccc1)c1ccccc1. The van der Waals surface area contributed by atoms with Gasteiger partial charge in [-0.3, -0.25) is 0 Å². The maximum atomic E-state index is 13.8. The van der Waals surface area contributed by atoms with Crippen LogP contribution in [0.15, 0.2) is 60.7 Å². The Morgan fingerprint density at radius 1 is 0.952 bits per heavy atom. The summed E-state index contributed by atoms with van der Waals surface area (Å²) < 4.78 is 13.8. The lowest BCUT2D eigenvalue weighted by molar-refractivity contribution is 0.132. The number of benzene rings is 2. The summed E-state index contributed by atoms with van der Waals surface area (Å²) in [6.45, 7) is 1.68. The minimum atomic E-state index is -2.96. The van der Waals surface area contributed by atoms with Crippen LogP contribution in [0, 0.1) is 0 Å². The van der Waals surface area contributed by atoms with Crippen LogP contribution in [0.1, 0.15) is 13.3 Å². The molecule has 0 aliphatic heterocycles. The molecule has 0 aliphatic rings. The lowest BCUT2D eigenvalue weighted by atomic mass is 10.2. The van der Waals surface area contributed by atoms with Crippen LogP contribution in [0.3, 0.4) is 0 Å². The van der Waals surface area contributed by atoms with Gasteiger partial charge in [-0.15, -0.1) is 0 Å². The van der Waals surface area contributed by atoms with E-state index in [1.54, 1.807) is 6.92 Å².